The van der Waals surface area contributed by atoms with Crippen molar-refractivity contribution in [3.05, 3.63) is 36.1 Å². The van der Waals surface area contributed by atoms with Crippen LogP contribution in [0.15, 0.2) is 36.1 Å². The average molecular weight is 175 g/mol. The molecule has 2 atom stereocenters. The molecule has 1 aliphatic carbocycles. The molecule has 1 heterocycles. The van der Waals surface area contributed by atoms with Crippen molar-refractivity contribution < 1.29 is 0 Å². The number of allylic oxidation sites excluding steroid dienone is 2. The van der Waals surface area contributed by atoms with E-state index in [0.29, 0.717) is 12.0 Å². The molecular formula is C12H17N. The highest BCUT2D eigenvalue weighted by Crippen LogP contribution is 2.35. The molecule has 0 fully saturated rings. The molecule has 1 heteroatoms. The first-order chi connectivity index (χ1) is 6.09. The van der Waals surface area contributed by atoms with E-state index in [9.17, 15) is 0 Å². The predicted octanol–water partition coefficient (Wildman–Crippen LogP) is 2.63. The molecule has 0 saturated heterocycles. The largest absolute Gasteiger partial charge is 0.384 e. The maximum Gasteiger partial charge on any atom is 0.0574 e. The van der Waals surface area contributed by atoms with E-state index in [1.54, 1.807) is 0 Å². The minimum atomic E-state index is 0.271. The summed E-state index contributed by atoms with van der Waals surface area (Å²) < 4.78 is 0. The molecule has 0 radical (unpaired) electrons. The molecule has 1 N–H and O–H groups in total. The van der Waals surface area contributed by atoms with Crippen LogP contribution in [0.1, 0.15) is 20.8 Å². The highest BCUT2D eigenvalue weighted by Gasteiger charge is 2.31. The van der Waals surface area contributed by atoms with Gasteiger partial charge in [-0.3, -0.25) is 0 Å². The molecule has 0 amide bonds. The third-order valence-corrected chi connectivity index (χ3v) is 2.79. The quantitative estimate of drug-likeness (QED) is 0.597. The summed E-state index contributed by atoms with van der Waals surface area (Å²) in [4.78, 5) is 0. The van der Waals surface area contributed by atoms with Crippen molar-refractivity contribution in [2.75, 3.05) is 0 Å². The topological polar surface area (TPSA) is 12.0 Å². The van der Waals surface area contributed by atoms with Gasteiger partial charge < -0.3 is 5.32 Å². The molecular weight excluding hydrogens is 158 g/mol. The van der Waals surface area contributed by atoms with Gasteiger partial charge in [0.15, 0.2) is 0 Å². The monoisotopic (exact) mass is 175 g/mol. The van der Waals surface area contributed by atoms with E-state index in [0.717, 1.165) is 0 Å². The first kappa shape index (κ1) is 8.61. The van der Waals surface area contributed by atoms with E-state index < -0.39 is 0 Å². The van der Waals surface area contributed by atoms with Crippen molar-refractivity contribution in [2.24, 2.45) is 11.3 Å². The van der Waals surface area contributed by atoms with Gasteiger partial charge in [0.05, 0.1) is 6.04 Å². The normalized spacial score (nSPS) is 31.2. The van der Waals surface area contributed by atoms with Gasteiger partial charge >= 0.3 is 0 Å². The average Bonchev–Trinajstić information content (AvgIpc) is 2.48. The molecule has 2 unspecified atom stereocenters. The van der Waals surface area contributed by atoms with Crippen molar-refractivity contribution in [1.29, 1.82) is 0 Å². The van der Waals surface area contributed by atoms with Crippen LogP contribution < -0.4 is 5.32 Å². The molecule has 0 bridgehead atoms. The molecule has 1 aliphatic heterocycles. The number of hydrogen-bond donors (Lipinski definition) is 1. The van der Waals surface area contributed by atoms with Crippen LogP contribution in [0.4, 0.5) is 0 Å². The maximum absolute atomic E-state index is 3.42. The Morgan fingerprint density at radius 1 is 1.23 bits per heavy atom. The van der Waals surface area contributed by atoms with Gasteiger partial charge in [0.2, 0.25) is 0 Å². The van der Waals surface area contributed by atoms with Crippen molar-refractivity contribution in [2.45, 2.75) is 26.8 Å². The lowest BCUT2D eigenvalue weighted by atomic mass is 9.76. The van der Waals surface area contributed by atoms with Gasteiger partial charge in [0.25, 0.3) is 0 Å². The van der Waals surface area contributed by atoms with Crippen molar-refractivity contribution in [1.82, 2.24) is 5.32 Å². The van der Waals surface area contributed by atoms with E-state index >= 15 is 0 Å². The lowest BCUT2D eigenvalue weighted by Gasteiger charge is -2.32. The fourth-order valence-electron chi connectivity index (χ4n) is 2.07. The van der Waals surface area contributed by atoms with Gasteiger partial charge in [-0.25, -0.2) is 0 Å². The Morgan fingerprint density at radius 2 is 2.00 bits per heavy atom. The molecule has 0 spiro atoms. The van der Waals surface area contributed by atoms with E-state index in [-0.39, 0.29) is 5.41 Å². The number of nitrogens with one attached hydrogen (secondary N) is 1. The number of fused-ring (bicyclic) bond motifs is 1. The second-order valence-electron chi connectivity index (χ2n) is 4.84. The zero-order chi connectivity index (χ0) is 9.47. The van der Waals surface area contributed by atoms with Crippen LogP contribution in [-0.4, -0.2) is 6.04 Å². The Kier molecular flexibility index (Phi) is 1.83. The summed E-state index contributed by atoms with van der Waals surface area (Å²) in [6, 6.07) is 0.505. The molecule has 0 saturated carbocycles. The zero-order valence-electron chi connectivity index (χ0n) is 8.54. The Bertz CT molecular complexity index is 289. The Balaban J connectivity index is 2.30. The molecule has 2 rings (SSSR count). The van der Waals surface area contributed by atoms with Gasteiger partial charge in [0.1, 0.15) is 0 Å². The maximum atomic E-state index is 3.42. The fourth-order valence-corrected chi connectivity index (χ4v) is 2.07. The number of hydrogen-bond acceptors (Lipinski definition) is 1. The van der Waals surface area contributed by atoms with Crippen LogP contribution in [-0.2, 0) is 0 Å². The predicted molar refractivity (Wildman–Crippen MR) is 56.2 cm³/mol. The summed E-state index contributed by atoms with van der Waals surface area (Å²) in [5.74, 6) is 0.569. The van der Waals surface area contributed by atoms with Crippen LogP contribution in [0.25, 0.3) is 0 Å². The van der Waals surface area contributed by atoms with E-state index in [1.165, 1.54) is 5.57 Å². The second-order valence-corrected chi connectivity index (χ2v) is 4.84. The summed E-state index contributed by atoms with van der Waals surface area (Å²) >= 11 is 0. The van der Waals surface area contributed by atoms with Gasteiger partial charge in [-0.1, -0.05) is 45.1 Å². The molecule has 0 aromatic carbocycles. The van der Waals surface area contributed by atoms with Gasteiger partial charge in [-0.05, 0) is 17.2 Å². The second kappa shape index (κ2) is 2.76. The third-order valence-electron chi connectivity index (χ3n) is 2.79. The summed E-state index contributed by atoms with van der Waals surface area (Å²) in [6.45, 7) is 6.82. The van der Waals surface area contributed by atoms with Gasteiger partial charge in [-0.15, -0.1) is 0 Å². The van der Waals surface area contributed by atoms with E-state index in [1.807, 2.05) is 0 Å². The van der Waals surface area contributed by atoms with E-state index in [4.69, 9.17) is 0 Å². The summed E-state index contributed by atoms with van der Waals surface area (Å²) in [5, 5.41) is 3.42. The minimum Gasteiger partial charge on any atom is -0.384 e. The number of rotatable bonds is 0. The van der Waals surface area contributed by atoms with Crippen molar-refractivity contribution >= 4 is 0 Å². The third kappa shape index (κ3) is 1.43. The lowest BCUT2D eigenvalue weighted by molar-refractivity contribution is 0.428. The molecule has 2 aliphatic rings. The Labute approximate surface area is 80.2 Å². The lowest BCUT2D eigenvalue weighted by Crippen LogP contribution is -2.35. The Hall–Kier alpha value is -0.980. The highest BCUT2D eigenvalue weighted by atomic mass is 14.9. The standard InChI is InChI=1S/C12H17N/c1-12(2,3)10-6-4-5-9-7-8-13-11(9)10/h4-9,11,13H,1-3H3. The smallest absolute Gasteiger partial charge is 0.0574 e. The molecule has 0 aromatic heterocycles. The molecule has 70 valence electrons. The van der Waals surface area contributed by atoms with Crippen molar-refractivity contribution in [3.8, 4) is 0 Å². The summed E-state index contributed by atoms with van der Waals surface area (Å²) in [7, 11) is 0. The zero-order valence-corrected chi connectivity index (χ0v) is 8.54. The van der Waals surface area contributed by atoms with Crippen LogP contribution in [0.3, 0.4) is 0 Å². The summed E-state index contributed by atoms with van der Waals surface area (Å²) in [6.07, 6.45) is 11.0. The van der Waals surface area contributed by atoms with Crippen LogP contribution in [0.2, 0.25) is 0 Å². The van der Waals surface area contributed by atoms with E-state index in [2.05, 4.69) is 56.6 Å². The Morgan fingerprint density at radius 3 is 2.69 bits per heavy atom. The first-order valence-corrected chi connectivity index (χ1v) is 4.90. The van der Waals surface area contributed by atoms with Crippen LogP contribution in [0.5, 0.6) is 0 Å². The SMILES string of the molecule is CC(C)(C)C1=CC=CC2C=CNC12. The highest BCUT2D eigenvalue weighted by molar-refractivity contribution is 5.35. The van der Waals surface area contributed by atoms with Crippen LogP contribution in [0, 0.1) is 11.3 Å². The fraction of sp³-hybridized carbons (Fsp3) is 0.500. The minimum absolute atomic E-state index is 0.271. The molecule has 1 nitrogen and oxygen atoms in total. The molecule has 13 heavy (non-hydrogen) atoms. The first-order valence-electron chi connectivity index (χ1n) is 4.90. The van der Waals surface area contributed by atoms with Gasteiger partial charge in [0, 0.05) is 5.92 Å². The summed E-state index contributed by atoms with van der Waals surface area (Å²) in [5.41, 5.74) is 1.78. The van der Waals surface area contributed by atoms with Crippen molar-refractivity contribution in [3.63, 3.8) is 0 Å². The molecule has 0 aromatic rings. The van der Waals surface area contributed by atoms with Gasteiger partial charge in [-0.2, -0.15) is 0 Å². The van der Waals surface area contributed by atoms with Crippen LogP contribution >= 0.6 is 0 Å².